The zero-order valence-electron chi connectivity index (χ0n) is 14.7. The molecular weight excluding hydrogens is 366 g/mol. The molecule has 8 heteroatoms. The van der Waals surface area contributed by atoms with Crippen LogP contribution in [0.1, 0.15) is 29.1 Å². The first-order valence-corrected chi connectivity index (χ1v) is 9.81. The number of para-hydroxylation sites is 2. The number of carbonyl (C=O) groups excluding carboxylic acids is 2. The van der Waals surface area contributed by atoms with Crippen LogP contribution in [0.15, 0.2) is 45.1 Å². The molecule has 0 bridgehead atoms. The third-order valence-electron chi connectivity index (χ3n) is 4.98. The number of carbonyl (C=O) groups is 2. The number of aryl methyl sites for hydroxylation is 1. The molecule has 3 heterocycles. The molecule has 0 atom stereocenters. The molecule has 3 aromatic rings. The second kappa shape index (κ2) is 7.48. The highest BCUT2D eigenvalue weighted by atomic mass is 32.1. The van der Waals surface area contributed by atoms with E-state index in [1.807, 2.05) is 6.07 Å². The smallest absolute Gasteiger partial charge is 0.408 e. The van der Waals surface area contributed by atoms with Crippen LogP contribution in [0.25, 0.3) is 11.1 Å². The lowest BCUT2D eigenvalue weighted by molar-refractivity contribution is -0.132. The highest BCUT2D eigenvalue weighted by Crippen LogP contribution is 2.23. The van der Waals surface area contributed by atoms with Gasteiger partial charge in [-0.3, -0.25) is 14.2 Å². The minimum atomic E-state index is -0.447. The van der Waals surface area contributed by atoms with Crippen LogP contribution in [0, 0.1) is 5.92 Å². The van der Waals surface area contributed by atoms with Gasteiger partial charge in [0.05, 0.1) is 5.52 Å². The van der Waals surface area contributed by atoms with E-state index in [0.717, 1.165) is 0 Å². The highest BCUT2D eigenvalue weighted by molar-refractivity contribution is 7.11. The summed E-state index contributed by atoms with van der Waals surface area (Å²) >= 11 is 1.36. The van der Waals surface area contributed by atoms with E-state index in [4.69, 9.17) is 4.42 Å². The van der Waals surface area contributed by atoms with Crippen LogP contribution in [0.4, 0.5) is 0 Å². The van der Waals surface area contributed by atoms with Gasteiger partial charge in [-0.2, -0.15) is 0 Å². The number of hydrogen-bond donors (Lipinski definition) is 0. The van der Waals surface area contributed by atoms with Gasteiger partial charge in [-0.15, -0.1) is 11.3 Å². The lowest BCUT2D eigenvalue weighted by atomic mass is 9.92. The van der Waals surface area contributed by atoms with E-state index < -0.39 is 5.76 Å². The standard InChI is InChI=1S/C19H19N3O4S/c23-16(7-11-22-14-3-1-2-4-15(14)26-19(22)25)21-9-5-13(6-10-21)17(24)18-20-8-12-27-18/h1-4,8,12-13H,5-7,9-11H2. The summed E-state index contributed by atoms with van der Waals surface area (Å²) < 4.78 is 6.68. The zero-order chi connectivity index (χ0) is 18.8. The average molecular weight is 385 g/mol. The third-order valence-corrected chi connectivity index (χ3v) is 5.77. The lowest BCUT2D eigenvalue weighted by Crippen LogP contribution is -2.40. The number of ketones is 1. The fourth-order valence-electron chi connectivity index (χ4n) is 3.50. The van der Waals surface area contributed by atoms with Crippen molar-refractivity contribution in [2.24, 2.45) is 5.92 Å². The Bertz CT molecular complexity index is 1010. The molecule has 0 saturated carbocycles. The van der Waals surface area contributed by atoms with Crippen LogP contribution in [-0.4, -0.2) is 39.2 Å². The molecule has 1 amide bonds. The van der Waals surface area contributed by atoms with Crippen LogP contribution >= 0.6 is 11.3 Å². The van der Waals surface area contributed by atoms with Crippen molar-refractivity contribution in [1.82, 2.24) is 14.5 Å². The maximum Gasteiger partial charge on any atom is 0.419 e. The third kappa shape index (κ3) is 3.57. The average Bonchev–Trinajstić information content (AvgIpc) is 3.33. The van der Waals surface area contributed by atoms with Crippen molar-refractivity contribution < 1.29 is 14.0 Å². The van der Waals surface area contributed by atoms with Gasteiger partial charge in [-0.25, -0.2) is 9.78 Å². The number of rotatable bonds is 5. The number of thiazole rings is 1. The molecule has 4 rings (SSSR count). The molecule has 2 aromatic heterocycles. The van der Waals surface area contributed by atoms with Gasteiger partial charge in [0.1, 0.15) is 0 Å². The van der Waals surface area contributed by atoms with E-state index in [2.05, 4.69) is 4.98 Å². The number of fused-ring (bicyclic) bond motifs is 1. The first kappa shape index (κ1) is 17.7. The van der Waals surface area contributed by atoms with Gasteiger partial charge < -0.3 is 9.32 Å². The van der Waals surface area contributed by atoms with Gasteiger partial charge in [0.15, 0.2) is 16.4 Å². The number of benzene rings is 1. The number of aromatic nitrogens is 2. The van der Waals surface area contributed by atoms with Crippen molar-refractivity contribution in [3.63, 3.8) is 0 Å². The minimum Gasteiger partial charge on any atom is -0.408 e. The highest BCUT2D eigenvalue weighted by Gasteiger charge is 2.29. The molecule has 27 heavy (non-hydrogen) atoms. The second-order valence-corrected chi connectivity index (χ2v) is 7.49. The molecule has 1 saturated heterocycles. The van der Waals surface area contributed by atoms with Gasteiger partial charge in [-0.1, -0.05) is 12.1 Å². The number of likely N-dealkylation sites (tertiary alicyclic amines) is 1. The van der Waals surface area contributed by atoms with Gasteiger partial charge >= 0.3 is 5.76 Å². The van der Waals surface area contributed by atoms with Crippen molar-refractivity contribution in [3.05, 3.63) is 51.4 Å². The van der Waals surface area contributed by atoms with Gasteiger partial charge in [0.2, 0.25) is 5.91 Å². The Kier molecular flexibility index (Phi) is 4.89. The zero-order valence-corrected chi connectivity index (χ0v) is 15.5. The Morgan fingerprint density at radius 2 is 2.00 bits per heavy atom. The largest absolute Gasteiger partial charge is 0.419 e. The fraction of sp³-hybridized carbons (Fsp3) is 0.368. The monoisotopic (exact) mass is 385 g/mol. The Labute approximate surface area is 159 Å². The summed E-state index contributed by atoms with van der Waals surface area (Å²) in [5.41, 5.74) is 1.22. The summed E-state index contributed by atoms with van der Waals surface area (Å²) in [6, 6.07) is 7.18. The number of amides is 1. The van der Waals surface area contributed by atoms with Crippen LogP contribution < -0.4 is 5.76 Å². The number of Topliss-reactive ketones (excluding diaryl/α,β-unsaturated/α-hetero) is 1. The van der Waals surface area contributed by atoms with E-state index >= 15 is 0 Å². The summed E-state index contributed by atoms with van der Waals surface area (Å²) in [6.07, 6.45) is 3.17. The topological polar surface area (TPSA) is 85.4 Å². The predicted molar refractivity (Wildman–Crippen MR) is 101 cm³/mol. The number of oxazole rings is 1. The van der Waals surface area contributed by atoms with Crippen LogP contribution in [-0.2, 0) is 11.3 Å². The van der Waals surface area contributed by atoms with Crippen molar-refractivity contribution in [3.8, 4) is 0 Å². The summed E-state index contributed by atoms with van der Waals surface area (Å²) in [5.74, 6) is -0.446. The van der Waals surface area contributed by atoms with Crippen molar-refractivity contribution in [1.29, 1.82) is 0 Å². The van der Waals surface area contributed by atoms with Crippen molar-refractivity contribution in [2.75, 3.05) is 13.1 Å². The Balaban J connectivity index is 1.34. The fourth-order valence-corrected chi connectivity index (χ4v) is 4.16. The lowest BCUT2D eigenvalue weighted by Gasteiger charge is -2.31. The minimum absolute atomic E-state index is 0.00710. The maximum absolute atomic E-state index is 12.5. The molecule has 0 aliphatic carbocycles. The number of nitrogens with zero attached hydrogens (tertiary/aromatic N) is 3. The van der Waals surface area contributed by atoms with Gasteiger partial charge in [0.25, 0.3) is 0 Å². The van der Waals surface area contributed by atoms with E-state index in [1.165, 1.54) is 15.9 Å². The van der Waals surface area contributed by atoms with E-state index in [1.54, 1.807) is 34.7 Å². The SMILES string of the molecule is O=C(c1nccs1)C1CCN(C(=O)CCn2c(=O)oc3ccccc32)CC1. The molecule has 0 radical (unpaired) electrons. The molecule has 0 spiro atoms. The number of hydrogen-bond acceptors (Lipinski definition) is 6. The summed E-state index contributed by atoms with van der Waals surface area (Å²) in [7, 11) is 0. The quantitative estimate of drug-likeness (QED) is 0.630. The van der Waals surface area contributed by atoms with Crippen molar-refractivity contribution >= 4 is 34.1 Å². The Morgan fingerprint density at radius 1 is 1.22 bits per heavy atom. The molecular formula is C19H19N3O4S. The Morgan fingerprint density at radius 3 is 2.74 bits per heavy atom. The first-order chi connectivity index (χ1) is 13.1. The Hall–Kier alpha value is -2.74. The molecule has 7 nitrogen and oxygen atoms in total. The molecule has 0 unspecified atom stereocenters. The summed E-state index contributed by atoms with van der Waals surface area (Å²) in [5, 5.41) is 2.35. The molecule has 140 valence electrons. The van der Waals surface area contributed by atoms with E-state index in [-0.39, 0.29) is 30.6 Å². The number of piperidine rings is 1. The molecule has 1 aromatic carbocycles. The van der Waals surface area contributed by atoms with E-state index in [9.17, 15) is 14.4 Å². The summed E-state index contributed by atoms with van der Waals surface area (Å²) in [6.45, 7) is 1.40. The van der Waals surface area contributed by atoms with Crippen LogP contribution in [0.2, 0.25) is 0 Å². The van der Waals surface area contributed by atoms with Gasteiger partial charge in [-0.05, 0) is 25.0 Å². The molecule has 1 aliphatic heterocycles. The normalized spacial score (nSPS) is 15.3. The van der Waals surface area contributed by atoms with Gasteiger partial charge in [0, 0.05) is 43.5 Å². The molecule has 1 aliphatic rings. The summed E-state index contributed by atoms with van der Waals surface area (Å²) in [4.78, 5) is 42.8. The second-order valence-electron chi connectivity index (χ2n) is 6.59. The molecule has 0 N–H and O–H groups in total. The first-order valence-electron chi connectivity index (χ1n) is 8.93. The van der Waals surface area contributed by atoms with Crippen molar-refractivity contribution in [2.45, 2.75) is 25.8 Å². The van der Waals surface area contributed by atoms with Crippen LogP contribution in [0.3, 0.4) is 0 Å². The maximum atomic E-state index is 12.5. The molecule has 1 fully saturated rings. The van der Waals surface area contributed by atoms with E-state index in [0.29, 0.717) is 42.0 Å². The van der Waals surface area contributed by atoms with Crippen LogP contribution in [0.5, 0.6) is 0 Å². The predicted octanol–water partition coefficient (Wildman–Crippen LogP) is 2.56.